The van der Waals surface area contributed by atoms with E-state index in [1.807, 2.05) is 0 Å². The quantitative estimate of drug-likeness (QED) is 0.914. The minimum atomic E-state index is -0.450. The van der Waals surface area contributed by atoms with E-state index in [1.165, 1.54) is 34.4 Å². The summed E-state index contributed by atoms with van der Waals surface area (Å²) in [5, 5.41) is 12.7. The van der Waals surface area contributed by atoms with Crippen molar-refractivity contribution in [2.45, 2.75) is 25.7 Å². The van der Waals surface area contributed by atoms with Crippen molar-refractivity contribution in [3.63, 3.8) is 0 Å². The van der Waals surface area contributed by atoms with Crippen LogP contribution >= 0.6 is 11.3 Å². The molecule has 1 aliphatic rings. The number of thiophene rings is 1. The van der Waals surface area contributed by atoms with E-state index in [0.717, 1.165) is 31.2 Å². The first kappa shape index (κ1) is 13.8. The van der Waals surface area contributed by atoms with Crippen molar-refractivity contribution in [2.75, 3.05) is 5.32 Å². The number of fused-ring (bicyclic) bond motifs is 1. The van der Waals surface area contributed by atoms with Crippen LogP contribution in [-0.4, -0.2) is 5.91 Å². The molecule has 0 spiro atoms. The van der Waals surface area contributed by atoms with Gasteiger partial charge in [0.25, 0.3) is 5.91 Å². The molecule has 1 aliphatic carbocycles. The average molecular weight is 300 g/mol. The van der Waals surface area contributed by atoms with Crippen molar-refractivity contribution < 1.29 is 9.18 Å². The molecule has 0 saturated heterocycles. The second-order valence-electron chi connectivity index (χ2n) is 4.99. The molecule has 1 amide bonds. The fourth-order valence-corrected chi connectivity index (χ4v) is 3.81. The Morgan fingerprint density at radius 2 is 2.14 bits per heavy atom. The molecule has 0 atom stereocenters. The van der Waals surface area contributed by atoms with Gasteiger partial charge in [-0.3, -0.25) is 4.79 Å². The highest BCUT2D eigenvalue weighted by Gasteiger charge is 2.22. The fourth-order valence-electron chi connectivity index (χ4n) is 2.58. The Hall–Kier alpha value is -2.19. The number of rotatable bonds is 2. The van der Waals surface area contributed by atoms with Crippen LogP contribution < -0.4 is 5.32 Å². The molecular weight excluding hydrogens is 287 g/mol. The molecule has 106 valence electrons. The van der Waals surface area contributed by atoms with Gasteiger partial charge in [-0.05, 0) is 49.4 Å². The number of nitrogens with one attached hydrogen (secondary N) is 1. The highest BCUT2D eigenvalue weighted by Crippen LogP contribution is 2.37. The number of carbonyl (C=O) groups excluding carboxylic acids is 1. The van der Waals surface area contributed by atoms with Crippen molar-refractivity contribution in [2.24, 2.45) is 0 Å². The normalized spacial score (nSPS) is 13.3. The lowest BCUT2D eigenvalue weighted by Crippen LogP contribution is -2.12. The molecule has 1 aromatic heterocycles. The summed E-state index contributed by atoms with van der Waals surface area (Å²) >= 11 is 1.47. The molecule has 0 bridgehead atoms. The Morgan fingerprint density at radius 1 is 1.33 bits per heavy atom. The third-order valence-corrected chi connectivity index (χ3v) is 4.80. The predicted molar refractivity (Wildman–Crippen MR) is 80.0 cm³/mol. The summed E-state index contributed by atoms with van der Waals surface area (Å²) in [7, 11) is 0. The molecule has 1 aromatic carbocycles. The second-order valence-corrected chi connectivity index (χ2v) is 6.10. The van der Waals surface area contributed by atoms with Crippen molar-refractivity contribution >= 4 is 22.2 Å². The number of hydrogen-bond donors (Lipinski definition) is 1. The number of nitrogens with zero attached hydrogens (tertiary/aromatic N) is 1. The van der Waals surface area contributed by atoms with Crippen LogP contribution in [0.15, 0.2) is 24.3 Å². The van der Waals surface area contributed by atoms with E-state index in [4.69, 9.17) is 0 Å². The number of hydrogen-bond acceptors (Lipinski definition) is 3. The maximum atomic E-state index is 13.2. The third kappa shape index (κ3) is 2.67. The largest absolute Gasteiger partial charge is 0.312 e. The molecule has 1 N–H and O–H groups in total. The van der Waals surface area contributed by atoms with Gasteiger partial charge < -0.3 is 5.32 Å². The van der Waals surface area contributed by atoms with Crippen LogP contribution in [0, 0.1) is 17.1 Å². The minimum Gasteiger partial charge on any atom is -0.312 e. The maximum absolute atomic E-state index is 13.2. The molecule has 5 heteroatoms. The summed E-state index contributed by atoms with van der Waals surface area (Å²) in [6.45, 7) is 0. The topological polar surface area (TPSA) is 52.9 Å². The highest BCUT2D eigenvalue weighted by molar-refractivity contribution is 7.16. The Morgan fingerprint density at radius 3 is 2.90 bits per heavy atom. The third-order valence-electron chi connectivity index (χ3n) is 3.60. The number of carbonyl (C=O) groups is 1. The Bertz CT molecular complexity index is 745. The van der Waals surface area contributed by atoms with Crippen molar-refractivity contribution in [1.82, 2.24) is 0 Å². The number of nitriles is 1. The smallest absolute Gasteiger partial charge is 0.256 e. The molecule has 21 heavy (non-hydrogen) atoms. The molecule has 0 unspecified atom stereocenters. The Labute approximate surface area is 126 Å². The van der Waals surface area contributed by atoms with E-state index < -0.39 is 5.82 Å². The first-order valence-corrected chi connectivity index (χ1v) is 7.62. The van der Waals surface area contributed by atoms with Crippen LogP contribution in [0.25, 0.3) is 0 Å². The van der Waals surface area contributed by atoms with E-state index in [1.54, 1.807) is 6.07 Å². The van der Waals surface area contributed by atoms with Gasteiger partial charge in [-0.15, -0.1) is 11.3 Å². The molecule has 2 aromatic rings. The zero-order valence-electron chi connectivity index (χ0n) is 11.3. The molecule has 3 rings (SSSR count). The van der Waals surface area contributed by atoms with Gasteiger partial charge in [-0.2, -0.15) is 5.26 Å². The van der Waals surface area contributed by atoms with E-state index in [0.29, 0.717) is 10.6 Å². The van der Waals surface area contributed by atoms with E-state index >= 15 is 0 Å². The lowest BCUT2D eigenvalue weighted by molar-refractivity contribution is 0.102. The summed E-state index contributed by atoms with van der Waals surface area (Å²) in [6, 6.07) is 7.72. The minimum absolute atomic E-state index is 0.255. The van der Waals surface area contributed by atoms with Gasteiger partial charge in [-0.1, -0.05) is 6.07 Å². The van der Waals surface area contributed by atoms with Gasteiger partial charge in [-0.25, -0.2) is 4.39 Å². The molecule has 3 nitrogen and oxygen atoms in total. The van der Waals surface area contributed by atoms with Crippen LogP contribution in [0.1, 0.15) is 39.2 Å². The fraction of sp³-hybridized carbons (Fsp3) is 0.250. The predicted octanol–water partition coefficient (Wildman–Crippen LogP) is 3.89. The molecular formula is C16H13FN2OS. The van der Waals surface area contributed by atoms with Gasteiger partial charge in [0, 0.05) is 10.4 Å². The number of amides is 1. The number of halogens is 1. The lowest BCUT2D eigenvalue weighted by Gasteiger charge is -2.09. The van der Waals surface area contributed by atoms with Crippen molar-refractivity contribution in [3.8, 4) is 6.07 Å². The highest BCUT2D eigenvalue weighted by atomic mass is 32.1. The van der Waals surface area contributed by atoms with Gasteiger partial charge >= 0.3 is 0 Å². The molecule has 1 heterocycles. The number of benzene rings is 1. The molecule has 0 saturated carbocycles. The summed E-state index contributed by atoms with van der Waals surface area (Å²) in [5.41, 5.74) is 1.90. The van der Waals surface area contributed by atoms with Crippen LogP contribution in [0.5, 0.6) is 0 Å². The first-order chi connectivity index (χ1) is 10.2. The van der Waals surface area contributed by atoms with Gasteiger partial charge in [0.05, 0.1) is 5.56 Å². The zero-order valence-corrected chi connectivity index (χ0v) is 12.1. The standard InChI is InChI=1S/C16H13FN2OS/c17-11-5-3-4-10(8-11)15(20)19-16-13(9-18)12-6-1-2-7-14(12)21-16/h3-5,8H,1-2,6-7H2,(H,19,20). The number of aryl methyl sites for hydroxylation is 1. The molecule has 0 radical (unpaired) electrons. The van der Waals surface area contributed by atoms with E-state index in [-0.39, 0.29) is 11.5 Å². The van der Waals surface area contributed by atoms with Crippen LogP contribution in [0.3, 0.4) is 0 Å². The van der Waals surface area contributed by atoms with Gasteiger partial charge in [0.2, 0.25) is 0 Å². The monoisotopic (exact) mass is 300 g/mol. The van der Waals surface area contributed by atoms with Crippen LogP contribution in [-0.2, 0) is 12.8 Å². The van der Waals surface area contributed by atoms with E-state index in [9.17, 15) is 14.4 Å². The van der Waals surface area contributed by atoms with E-state index in [2.05, 4.69) is 11.4 Å². The summed E-state index contributed by atoms with van der Waals surface area (Å²) in [4.78, 5) is 13.4. The lowest BCUT2D eigenvalue weighted by atomic mass is 9.96. The van der Waals surface area contributed by atoms with Crippen LogP contribution in [0.4, 0.5) is 9.39 Å². The Kier molecular flexibility index (Phi) is 3.72. The summed E-state index contributed by atoms with van der Waals surface area (Å²) in [6.07, 6.45) is 4.06. The summed E-state index contributed by atoms with van der Waals surface area (Å²) < 4.78 is 13.2. The SMILES string of the molecule is N#Cc1c(NC(=O)c2cccc(F)c2)sc2c1CCCC2. The van der Waals surface area contributed by atoms with Crippen molar-refractivity contribution in [1.29, 1.82) is 5.26 Å². The second kappa shape index (κ2) is 5.66. The first-order valence-electron chi connectivity index (χ1n) is 6.80. The zero-order chi connectivity index (χ0) is 14.8. The summed E-state index contributed by atoms with van der Waals surface area (Å²) in [5.74, 6) is -0.835. The molecule has 0 fully saturated rings. The Balaban J connectivity index is 1.90. The maximum Gasteiger partial charge on any atom is 0.256 e. The average Bonchev–Trinajstić information content (AvgIpc) is 2.84. The van der Waals surface area contributed by atoms with Gasteiger partial charge in [0.15, 0.2) is 0 Å². The molecule has 0 aliphatic heterocycles. The van der Waals surface area contributed by atoms with Crippen LogP contribution in [0.2, 0.25) is 0 Å². The van der Waals surface area contributed by atoms with Gasteiger partial charge in [0.1, 0.15) is 16.9 Å². The van der Waals surface area contributed by atoms with Crippen molar-refractivity contribution in [3.05, 3.63) is 51.7 Å². The number of anilines is 1.